The van der Waals surface area contributed by atoms with Crippen molar-refractivity contribution < 1.29 is 41.4 Å². The minimum Gasteiger partial charge on any atom is -0.497 e. The summed E-state index contributed by atoms with van der Waals surface area (Å²) in [6.45, 7) is 0.582. The van der Waals surface area contributed by atoms with Gasteiger partial charge in [0.1, 0.15) is 11.4 Å². The number of pyridine rings is 1. The predicted molar refractivity (Wildman–Crippen MR) is 145 cm³/mol. The fourth-order valence-electron chi connectivity index (χ4n) is 5.59. The zero-order valence-electron chi connectivity index (χ0n) is 22.7. The normalized spacial score (nSPS) is 20.7. The van der Waals surface area contributed by atoms with Crippen molar-refractivity contribution in [2.75, 3.05) is 29.7 Å². The number of nitrogens with one attached hydrogen (secondary N) is 3. The molecule has 2 aromatic heterocycles. The van der Waals surface area contributed by atoms with E-state index in [0.717, 1.165) is 17.7 Å². The molecule has 3 N–H and O–H groups in total. The predicted octanol–water partition coefficient (Wildman–Crippen LogP) is 4.37. The summed E-state index contributed by atoms with van der Waals surface area (Å²) in [5, 5.41) is 11.2. The molecule has 14 heteroatoms. The minimum atomic E-state index is -4.74. The van der Waals surface area contributed by atoms with Crippen molar-refractivity contribution in [3.8, 4) is 5.75 Å². The van der Waals surface area contributed by atoms with E-state index in [1.807, 2.05) is 24.3 Å². The van der Waals surface area contributed by atoms with Gasteiger partial charge in [0.25, 0.3) is 6.20 Å². The van der Waals surface area contributed by atoms with E-state index in [9.17, 15) is 22.8 Å². The number of methoxy groups -OCH3 is 1. The average Bonchev–Trinajstić information content (AvgIpc) is 3.69. The lowest BCUT2D eigenvalue weighted by Crippen LogP contribution is -2.54. The van der Waals surface area contributed by atoms with Crippen LogP contribution < -0.4 is 25.4 Å². The molecular weight excluding hydrogens is 569 g/mol. The third kappa shape index (κ3) is 5.73. The first-order valence-electron chi connectivity index (χ1n) is 13.3. The molecule has 7 rings (SSSR count). The van der Waals surface area contributed by atoms with E-state index in [0.29, 0.717) is 24.5 Å². The van der Waals surface area contributed by atoms with Crippen LogP contribution in [-0.4, -0.2) is 42.0 Å². The van der Waals surface area contributed by atoms with Gasteiger partial charge in [0.2, 0.25) is 17.7 Å². The van der Waals surface area contributed by atoms with Crippen LogP contribution in [0.15, 0.2) is 77.6 Å². The number of benzene rings is 2. The first-order valence-corrected chi connectivity index (χ1v) is 13.3. The Hall–Kier alpha value is -4.98. The first-order chi connectivity index (χ1) is 20.6. The van der Waals surface area contributed by atoms with Gasteiger partial charge in [-0.05, 0) is 59.1 Å². The highest BCUT2D eigenvalue weighted by Gasteiger charge is 2.64. The fraction of sp³-hybridized carbons (Fsp3) is 0.276. The first kappa shape index (κ1) is 28.2. The number of carbonyl (C=O) groups excluding carboxylic acids is 2. The lowest BCUT2D eigenvalue weighted by atomic mass is 9.57. The molecule has 43 heavy (non-hydrogen) atoms. The van der Waals surface area contributed by atoms with Crippen LogP contribution in [0, 0.1) is 5.92 Å². The smallest absolute Gasteiger partial charge is 0.416 e. The largest absolute Gasteiger partial charge is 0.497 e. The molecule has 4 heterocycles. The Labute approximate surface area is 243 Å². The van der Waals surface area contributed by atoms with Gasteiger partial charge in [-0.25, -0.2) is 4.79 Å². The van der Waals surface area contributed by atoms with Gasteiger partial charge in [-0.1, -0.05) is 18.2 Å². The Balaban J connectivity index is 1.16. The maximum absolute atomic E-state index is 13.8. The van der Waals surface area contributed by atoms with Gasteiger partial charge >= 0.3 is 18.1 Å². The molecule has 3 atom stereocenters. The summed E-state index contributed by atoms with van der Waals surface area (Å²) < 4.78 is 58.9. The number of rotatable bonds is 8. The van der Waals surface area contributed by atoms with Crippen LogP contribution in [-0.2, 0) is 27.7 Å². The van der Waals surface area contributed by atoms with E-state index >= 15 is 0 Å². The van der Waals surface area contributed by atoms with E-state index in [4.69, 9.17) is 14.0 Å². The van der Waals surface area contributed by atoms with Crippen LogP contribution in [0.3, 0.4) is 0 Å². The number of halogens is 3. The number of amides is 3. The molecule has 3 aliphatic rings. The molecule has 2 aliphatic heterocycles. The summed E-state index contributed by atoms with van der Waals surface area (Å²) in [7, 11) is 1.54. The highest BCUT2D eigenvalue weighted by Crippen LogP contribution is 2.57. The number of hydrogen-bond acceptors (Lipinski definition) is 7. The molecule has 4 aromatic rings. The van der Waals surface area contributed by atoms with Crippen molar-refractivity contribution in [2.24, 2.45) is 5.92 Å². The van der Waals surface area contributed by atoms with E-state index < -0.39 is 35.0 Å². The maximum atomic E-state index is 13.8. The van der Waals surface area contributed by atoms with E-state index in [-0.39, 0.29) is 29.9 Å². The summed E-state index contributed by atoms with van der Waals surface area (Å²) in [5.74, 6) is -0.512. The molecule has 0 radical (unpaired) electrons. The zero-order chi connectivity index (χ0) is 30.2. The highest BCUT2D eigenvalue weighted by atomic mass is 19.4. The SMILES string of the molecule is COc1cccc([C@@]23CO[C@@H](C2)[C@@H]3C(=O)Nc2cc(NC(=O)Nc3c[n+](Cc4ccccn4)no3)cc(C(F)(F)F)c2)c1. The van der Waals surface area contributed by atoms with Crippen LogP contribution in [0.2, 0.25) is 0 Å². The molecule has 3 fully saturated rings. The van der Waals surface area contributed by atoms with Gasteiger partial charge in [0.15, 0.2) is 0 Å². The number of carbonyl (C=O) groups is 2. The average molecular weight is 596 g/mol. The van der Waals surface area contributed by atoms with E-state index in [2.05, 4.69) is 26.2 Å². The second-order valence-corrected chi connectivity index (χ2v) is 10.4. The number of fused-ring (bicyclic) bond motifs is 1. The fourth-order valence-corrected chi connectivity index (χ4v) is 5.59. The molecule has 3 amide bonds. The van der Waals surface area contributed by atoms with Crippen molar-refractivity contribution >= 4 is 29.2 Å². The summed E-state index contributed by atoms with van der Waals surface area (Å²) in [6, 6.07) is 14.6. The summed E-state index contributed by atoms with van der Waals surface area (Å²) in [6.07, 6.45) is -1.47. The number of ether oxygens (including phenoxy) is 2. The van der Waals surface area contributed by atoms with Crippen LogP contribution in [0.1, 0.15) is 23.2 Å². The molecule has 222 valence electrons. The molecule has 2 bridgehead atoms. The standard InChI is InChI=1S/C29H25F3N6O5/c1-41-22-7-4-5-17(11-22)28-13-23(42-16-28)25(28)26(39)34-20-9-18(29(30,31)32)10-21(12-20)35-27(40)36-24-15-38(37-43-24)14-19-6-2-3-8-33-19/h2-12,15,23,25H,13-14,16H2,1H3,(H2-,34,35,36,37,39,40)/p+1/t23-,25+,28-/m0/s1. The molecule has 0 unspecified atom stereocenters. The van der Waals surface area contributed by atoms with Crippen LogP contribution in [0.5, 0.6) is 5.75 Å². The van der Waals surface area contributed by atoms with Gasteiger partial charge < -0.3 is 20.1 Å². The van der Waals surface area contributed by atoms with Gasteiger partial charge in [0.05, 0.1) is 31.3 Å². The van der Waals surface area contributed by atoms with E-state index in [1.165, 1.54) is 16.9 Å². The number of urea groups is 1. The second-order valence-electron chi connectivity index (χ2n) is 10.4. The van der Waals surface area contributed by atoms with Crippen LogP contribution in [0.25, 0.3) is 0 Å². The Morgan fingerprint density at radius 3 is 2.60 bits per heavy atom. The van der Waals surface area contributed by atoms with Gasteiger partial charge in [-0.2, -0.15) is 13.2 Å². The number of alkyl halides is 3. The maximum Gasteiger partial charge on any atom is 0.416 e. The van der Waals surface area contributed by atoms with E-state index in [1.54, 1.807) is 31.5 Å². The molecule has 2 saturated heterocycles. The number of anilines is 3. The zero-order valence-corrected chi connectivity index (χ0v) is 22.7. The van der Waals surface area contributed by atoms with Crippen molar-refractivity contribution in [3.63, 3.8) is 0 Å². The Bertz CT molecular complexity index is 1660. The minimum absolute atomic E-state index is 0.0442. The third-order valence-electron chi connectivity index (χ3n) is 7.60. The lowest BCUT2D eigenvalue weighted by molar-refractivity contribution is -0.755. The second kappa shape index (κ2) is 11.0. The summed E-state index contributed by atoms with van der Waals surface area (Å²) >= 11 is 0. The monoisotopic (exact) mass is 595 g/mol. The van der Waals surface area contributed by atoms with Crippen molar-refractivity contribution in [1.82, 2.24) is 10.3 Å². The Kier molecular flexibility index (Phi) is 7.22. The lowest BCUT2D eigenvalue weighted by Gasteiger charge is -2.44. The van der Waals surface area contributed by atoms with Crippen LogP contribution in [0.4, 0.5) is 35.2 Å². The molecule has 0 spiro atoms. The quantitative estimate of drug-likeness (QED) is 0.258. The number of nitrogens with zero attached hydrogens (tertiary/aromatic N) is 3. The molecule has 11 nitrogen and oxygen atoms in total. The Morgan fingerprint density at radius 2 is 1.88 bits per heavy atom. The summed E-state index contributed by atoms with van der Waals surface area (Å²) in [5.41, 5.74) is -0.433. The van der Waals surface area contributed by atoms with Crippen molar-refractivity contribution in [2.45, 2.75) is 30.7 Å². The van der Waals surface area contributed by atoms with Crippen molar-refractivity contribution in [3.05, 3.63) is 89.9 Å². The van der Waals surface area contributed by atoms with Gasteiger partial charge in [-0.3, -0.25) is 19.6 Å². The number of hydrogen-bond donors (Lipinski definition) is 3. The molecular formula is C29H26F3N6O5+. The van der Waals surface area contributed by atoms with Gasteiger partial charge in [0, 0.05) is 23.0 Å². The summed E-state index contributed by atoms with van der Waals surface area (Å²) in [4.78, 5) is 30.2. The highest BCUT2D eigenvalue weighted by molar-refractivity contribution is 6.00. The van der Waals surface area contributed by atoms with Crippen molar-refractivity contribution in [1.29, 1.82) is 0 Å². The number of aromatic nitrogens is 3. The molecule has 2 aromatic carbocycles. The molecule has 1 saturated carbocycles. The third-order valence-corrected chi connectivity index (χ3v) is 7.60. The van der Waals surface area contributed by atoms with Crippen LogP contribution >= 0.6 is 0 Å². The van der Waals surface area contributed by atoms with Gasteiger partial charge in [-0.15, -0.1) is 0 Å². The Morgan fingerprint density at radius 1 is 1.07 bits per heavy atom. The topological polar surface area (TPSA) is 131 Å². The molecule has 1 aliphatic carbocycles.